The molecule has 2 heterocycles. The minimum absolute atomic E-state index is 0.0207. The van der Waals surface area contributed by atoms with Gasteiger partial charge in [-0.2, -0.15) is 5.21 Å². The zero-order valence-electron chi connectivity index (χ0n) is 16.4. The molecule has 1 amide bonds. The van der Waals surface area contributed by atoms with Crippen molar-refractivity contribution in [1.82, 2.24) is 30.8 Å². The van der Waals surface area contributed by atoms with Crippen LogP contribution in [0.1, 0.15) is 46.2 Å². The quantitative estimate of drug-likeness (QED) is 0.501. The van der Waals surface area contributed by atoms with Gasteiger partial charge in [-0.05, 0) is 42.2 Å². The number of carbonyl (C=O) groups is 1. The Balaban J connectivity index is 1.36. The maximum atomic E-state index is 13.0. The molecule has 1 aliphatic rings. The van der Waals surface area contributed by atoms with Crippen LogP contribution in [0.3, 0.4) is 0 Å². The lowest BCUT2D eigenvalue weighted by atomic mass is 10.0. The van der Waals surface area contributed by atoms with E-state index in [2.05, 4.69) is 50.2 Å². The number of aromatic nitrogens is 4. The number of nitrogens with zero attached hydrogens (tertiary/aromatic N) is 4. The summed E-state index contributed by atoms with van der Waals surface area (Å²) in [5.41, 5.74) is 2.79. The van der Waals surface area contributed by atoms with Crippen LogP contribution in [-0.2, 0) is 13.0 Å². The Labute approximate surface area is 179 Å². The topological polar surface area (TPSA) is 107 Å². The lowest BCUT2D eigenvalue weighted by molar-refractivity contribution is 0.0735. The fourth-order valence-electron chi connectivity index (χ4n) is 3.74. The summed E-state index contributed by atoms with van der Waals surface area (Å²) in [5.74, 6) is 0.609. The van der Waals surface area contributed by atoms with Gasteiger partial charge < -0.3 is 15.3 Å². The first-order valence-electron chi connectivity index (χ1n) is 9.93. The van der Waals surface area contributed by atoms with E-state index in [0.29, 0.717) is 17.9 Å². The van der Waals surface area contributed by atoms with Crippen LogP contribution in [0.4, 0.5) is 0 Å². The molecule has 0 aliphatic carbocycles. The highest BCUT2D eigenvalue weighted by Crippen LogP contribution is 2.34. The van der Waals surface area contributed by atoms with E-state index in [4.69, 9.17) is 11.6 Å². The number of aromatic hydroxyl groups is 1. The van der Waals surface area contributed by atoms with Gasteiger partial charge in [0.1, 0.15) is 5.75 Å². The van der Waals surface area contributed by atoms with Crippen molar-refractivity contribution in [2.45, 2.75) is 31.8 Å². The molecule has 1 atom stereocenters. The third-order valence-corrected chi connectivity index (χ3v) is 5.62. The van der Waals surface area contributed by atoms with Gasteiger partial charge in [-0.25, -0.2) is 0 Å². The fraction of sp³-hybridized carbons (Fsp3) is 0.333. The van der Waals surface area contributed by atoms with Crippen molar-refractivity contribution in [3.05, 3.63) is 70.0 Å². The highest BCUT2D eigenvalue weighted by atomic mass is 35.5. The third-order valence-electron chi connectivity index (χ3n) is 5.32. The van der Waals surface area contributed by atoms with Crippen LogP contribution in [0.5, 0.6) is 5.75 Å². The van der Waals surface area contributed by atoms with Crippen LogP contribution in [0.2, 0.25) is 5.02 Å². The van der Waals surface area contributed by atoms with Crippen LogP contribution in [0.15, 0.2) is 42.5 Å². The number of halogens is 1. The van der Waals surface area contributed by atoms with Gasteiger partial charge in [0, 0.05) is 31.6 Å². The molecule has 3 aromatic rings. The van der Waals surface area contributed by atoms with E-state index in [0.717, 1.165) is 37.9 Å². The van der Waals surface area contributed by atoms with Crippen molar-refractivity contribution in [2.75, 3.05) is 13.1 Å². The summed E-state index contributed by atoms with van der Waals surface area (Å²) in [6.45, 7) is 2.22. The highest BCUT2D eigenvalue weighted by molar-refractivity contribution is 6.32. The number of hydrogen-bond donors (Lipinski definition) is 3. The molecule has 156 valence electrons. The molecule has 0 saturated carbocycles. The lowest BCUT2D eigenvalue weighted by Gasteiger charge is -2.25. The number of benzene rings is 2. The Hall–Kier alpha value is -2.97. The van der Waals surface area contributed by atoms with Crippen LogP contribution in [0, 0.1) is 0 Å². The zero-order valence-corrected chi connectivity index (χ0v) is 17.1. The van der Waals surface area contributed by atoms with Gasteiger partial charge >= 0.3 is 0 Å². The van der Waals surface area contributed by atoms with E-state index in [1.54, 1.807) is 6.07 Å². The molecule has 1 aromatic heterocycles. The van der Waals surface area contributed by atoms with E-state index >= 15 is 0 Å². The van der Waals surface area contributed by atoms with Crippen molar-refractivity contribution >= 4 is 17.5 Å². The molecule has 9 heteroatoms. The van der Waals surface area contributed by atoms with Crippen LogP contribution < -0.4 is 5.32 Å². The maximum Gasteiger partial charge on any atom is 0.254 e. The predicted octanol–water partition coefficient (Wildman–Crippen LogP) is 2.87. The Kier molecular flexibility index (Phi) is 6.25. The molecule has 1 unspecified atom stereocenters. The summed E-state index contributed by atoms with van der Waals surface area (Å²) >= 11 is 5.98. The van der Waals surface area contributed by atoms with Gasteiger partial charge in [-0.15, -0.1) is 10.2 Å². The van der Waals surface area contributed by atoms with Crippen molar-refractivity contribution in [2.24, 2.45) is 0 Å². The van der Waals surface area contributed by atoms with E-state index in [9.17, 15) is 9.90 Å². The number of hydrogen-bond acceptors (Lipinski definition) is 6. The second-order valence-electron chi connectivity index (χ2n) is 7.32. The zero-order chi connectivity index (χ0) is 20.9. The molecular formula is C21H23ClN6O2. The van der Waals surface area contributed by atoms with Crippen molar-refractivity contribution in [3.8, 4) is 5.75 Å². The molecule has 0 bridgehead atoms. The van der Waals surface area contributed by atoms with Gasteiger partial charge in [-0.3, -0.25) is 4.79 Å². The molecule has 3 N–H and O–H groups in total. The van der Waals surface area contributed by atoms with Gasteiger partial charge in [0.2, 0.25) is 0 Å². The van der Waals surface area contributed by atoms with Crippen LogP contribution >= 0.6 is 11.6 Å². The Bertz CT molecular complexity index is 993. The van der Waals surface area contributed by atoms with Crippen molar-refractivity contribution in [1.29, 1.82) is 0 Å². The molecule has 1 fully saturated rings. The van der Waals surface area contributed by atoms with E-state index < -0.39 is 0 Å². The largest absolute Gasteiger partial charge is 0.506 e. The number of carbonyl (C=O) groups excluding carboxylic acids is 1. The van der Waals surface area contributed by atoms with Crippen molar-refractivity contribution < 1.29 is 9.90 Å². The second kappa shape index (κ2) is 9.23. The fourth-order valence-corrected chi connectivity index (χ4v) is 3.92. The SMILES string of the molecule is O=C(c1ccc(O)c(Cl)c1)N1CCCC1c1ccc(CNCCc2nn[nH]n2)cc1. The minimum Gasteiger partial charge on any atom is -0.506 e. The van der Waals surface area contributed by atoms with E-state index in [-0.39, 0.29) is 22.7 Å². The number of phenols is 1. The van der Waals surface area contributed by atoms with E-state index in [1.807, 2.05) is 4.90 Å². The van der Waals surface area contributed by atoms with Gasteiger partial charge in [0.05, 0.1) is 11.1 Å². The van der Waals surface area contributed by atoms with Crippen molar-refractivity contribution in [3.63, 3.8) is 0 Å². The predicted molar refractivity (Wildman–Crippen MR) is 112 cm³/mol. The molecule has 4 rings (SSSR count). The lowest BCUT2D eigenvalue weighted by Crippen LogP contribution is -2.30. The minimum atomic E-state index is -0.0633. The molecule has 0 spiro atoms. The number of rotatable bonds is 7. The first kappa shape index (κ1) is 20.3. The molecule has 30 heavy (non-hydrogen) atoms. The first-order chi connectivity index (χ1) is 14.6. The second-order valence-corrected chi connectivity index (χ2v) is 7.73. The molecule has 0 radical (unpaired) electrons. The first-order valence-corrected chi connectivity index (χ1v) is 10.3. The third kappa shape index (κ3) is 4.60. The van der Waals surface area contributed by atoms with Gasteiger partial charge in [-0.1, -0.05) is 41.1 Å². The van der Waals surface area contributed by atoms with E-state index in [1.165, 1.54) is 17.7 Å². The average molecular weight is 427 g/mol. The van der Waals surface area contributed by atoms with Crippen LogP contribution in [-0.4, -0.2) is 49.6 Å². The molecule has 8 nitrogen and oxygen atoms in total. The normalized spacial score (nSPS) is 16.2. The summed E-state index contributed by atoms with van der Waals surface area (Å²) in [5, 5.41) is 27.0. The number of nitrogens with one attached hydrogen (secondary N) is 2. The molecule has 2 aromatic carbocycles. The Morgan fingerprint density at radius 3 is 2.83 bits per heavy atom. The monoisotopic (exact) mass is 426 g/mol. The van der Waals surface area contributed by atoms with Gasteiger partial charge in [0.25, 0.3) is 5.91 Å². The number of H-pyrrole nitrogens is 1. The number of amides is 1. The molecular weight excluding hydrogens is 404 g/mol. The summed E-state index contributed by atoms with van der Waals surface area (Å²) in [7, 11) is 0. The number of aromatic amines is 1. The average Bonchev–Trinajstić information content (AvgIpc) is 3.45. The Morgan fingerprint density at radius 2 is 2.10 bits per heavy atom. The molecule has 1 aliphatic heterocycles. The maximum absolute atomic E-state index is 13.0. The summed E-state index contributed by atoms with van der Waals surface area (Å²) < 4.78 is 0. The van der Waals surface area contributed by atoms with Crippen LogP contribution in [0.25, 0.3) is 0 Å². The highest BCUT2D eigenvalue weighted by Gasteiger charge is 2.30. The summed E-state index contributed by atoms with van der Waals surface area (Å²) in [4.78, 5) is 14.9. The number of phenolic OH excluding ortho intramolecular Hbond substituents is 1. The molecule has 1 saturated heterocycles. The summed E-state index contributed by atoms with van der Waals surface area (Å²) in [6, 6.07) is 13.0. The smallest absolute Gasteiger partial charge is 0.254 e. The number of likely N-dealkylation sites (tertiary alicyclic amines) is 1. The Morgan fingerprint density at radius 1 is 1.27 bits per heavy atom. The van der Waals surface area contributed by atoms with Gasteiger partial charge in [0.15, 0.2) is 5.82 Å². The number of tetrazole rings is 1. The summed E-state index contributed by atoms with van der Waals surface area (Å²) in [6.07, 6.45) is 2.61. The standard InChI is InChI=1S/C21H23ClN6O2/c22-17-12-16(7-8-19(17)29)21(30)28-11-1-2-18(28)15-5-3-14(4-6-15)13-23-10-9-20-24-26-27-25-20/h3-8,12,18,23,29H,1-2,9-11,13H2,(H,24,25,26,27).